The maximum atomic E-state index is 13.1. The molecule has 288 valence electrons. The first-order valence-electron chi connectivity index (χ1n) is 16.2. The minimum absolute atomic E-state index is 0.242. The van der Waals surface area contributed by atoms with Gasteiger partial charge in [0.15, 0.2) is 0 Å². The average molecular weight is 763 g/mol. The van der Waals surface area contributed by atoms with Crippen molar-refractivity contribution < 1.29 is 55.4 Å². The fourth-order valence-corrected chi connectivity index (χ4v) is 5.08. The van der Waals surface area contributed by atoms with Gasteiger partial charge in [-0.2, -0.15) is 26.3 Å². The predicted octanol–water partition coefficient (Wildman–Crippen LogP) is 5.75. The summed E-state index contributed by atoms with van der Waals surface area (Å²) in [5.74, 6) is -3.80. The highest BCUT2D eigenvalue weighted by atomic mass is 19.4. The minimum Gasteiger partial charge on any atom is -0.475 e. The number of aryl methyl sites for hydroxylation is 2. The molecule has 0 atom stereocenters. The molecule has 0 bridgehead atoms. The van der Waals surface area contributed by atoms with Gasteiger partial charge in [0.25, 0.3) is 17.7 Å². The minimum atomic E-state index is -5.08. The van der Waals surface area contributed by atoms with Crippen LogP contribution in [0.15, 0.2) is 73.1 Å². The Balaban J connectivity index is 0.000000845. The summed E-state index contributed by atoms with van der Waals surface area (Å²) >= 11 is 0. The Hall–Kier alpha value is -5.88. The number of aromatic nitrogens is 2. The van der Waals surface area contributed by atoms with Gasteiger partial charge in [-0.05, 0) is 47.5 Å². The quantitative estimate of drug-likeness (QED) is 0.119. The molecule has 1 aliphatic heterocycles. The highest BCUT2D eigenvalue weighted by molar-refractivity contribution is 6.07. The first kappa shape index (κ1) is 40.9. The lowest BCUT2D eigenvalue weighted by atomic mass is 10.1. The summed E-state index contributed by atoms with van der Waals surface area (Å²) in [4.78, 5) is 49.8. The third kappa shape index (κ3) is 11.8. The van der Waals surface area contributed by atoms with Gasteiger partial charge in [-0.3, -0.25) is 19.3 Å². The smallest absolute Gasteiger partial charge is 0.475 e. The van der Waals surface area contributed by atoms with Crippen LogP contribution in [0.1, 0.15) is 48.0 Å². The van der Waals surface area contributed by atoms with E-state index >= 15 is 0 Å². The summed E-state index contributed by atoms with van der Waals surface area (Å²) in [6.45, 7) is 4.29. The van der Waals surface area contributed by atoms with E-state index in [4.69, 9.17) is 14.6 Å². The summed E-state index contributed by atoms with van der Waals surface area (Å²) in [7, 11) is 3.41. The van der Waals surface area contributed by atoms with Crippen molar-refractivity contribution in [2.45, 2.75) is 12.4 Å². The second kappa shape index (κ2) is 17.8. The molecule has 2 aromatic carbocycles. The van der Waals surface area contributed by atoms with Crippen LogP contribution < -0.4 is 16.0 Å². The fourth-order valence-electron chi connectivity index (χ4n) is 5.08. The number of hydrogen-bond donors (Lipinski definition) is 4. The van der Waals surface area contributed by atoms with Crippen molar-refractivity contribution in [3.05, 3.63) is 107 Å². The van der Waals surface area contributed by atoms with E-state index in [9.17, 15) is 40.7 Å². The molecular weight excluding hydrogens is 726 g/mol. The molecule has 4 aromatic rings. The molecule has 5 rings (SSSR count). The number of carboxylic acid groups (broad SMARTS) is 1. The summed E-state index contributed by atoms with van der Waals surface area (Å²) in [5, 5.41) is 15.6. The number of nitrogens with one attached hydrogen (secondary N) is 3. The number of amides is 3. The number of alkyl halides is 6. The Labute approximate surface area is 305 Å². The van der Waals surface area contributed by atoms with Crippen molar-refractivity contribution in [1.29, 1.82) is 0 Å². The van der Waals surface area contributed by atoms with Gasteiger partial charge in [-0.15, -0.1) is 0 Å². The van der Waals surface area contributed by atoms with Crippen LogP contribution in [-0.2, 0) is 29.8 Å². The Kier molecular flexibility index (Phi) is 13.4. The number of nitrogens with zero attached hydrogens (tertiary/aromatic N) is 3. The number of rotatable bonds is 10. The number of carbonyl (C=O) groups excluding carboxylic acids is 3. The van der Waals surface area contributed by atoms with Gasteiger partial charge in [0.05, 0.1) is 30.2 Å². The lowest BCUT2D eigenvalue weighted by molar-refractivity contribution is -0.192. The number of morpholine rings is 1. The van der Waals surface area contributed by atoms with E-state index in [1.54, 1.807) is 84.2 Å². The maximum absolute atomic E-state index is 13.1. The van der Waals surface area contributed by atoms with Crippen molar-refractivity contribution >= 4 is 47.2 Å². The van der Waals surface area contributed by atoms with Crippen LogP contribution in [0.25, 0.3) is 12.2 Å². The topological polar surface area (TPSA) is 147 Å². The Bertz CT molecular complexity index is 1960. The molecule has 0 spiro atoms. The molecule has 3 heterocycles. The molecular formula is C36H36F6N6O6. The Morgan fingerprint density at radius 1 is 0.741 bits per heavy atom. The summed E-state index contributed by atoms with van der Waals surface area (Å²) in [6.07, 6.45) is -2.77. The zero-order valence-corrected chi connectivity index (χ0v) is 28.9. The van der Waals surface area contributed by atoms with Crippen molar-refractivity contribution in [3.8, 4) is 0 Å². The van der Waals surface area contributed by atoms with Gasteiger partial charge in [0.2, 0.25) is 0 Å². The number of aliphatic carboxylic acids is 1. The van der Waals surface area contributed by atoms with Gasteiger partial charge in [0.1, 0.15) is 11.4 Å². The van der Waals surface area contributed by atoms with E-state index in [2.05, 4.69) is 20.9 Å². The molecule has 54 heavy (non-hydrogen) atoms. The first-order valence-corrected chi connectivity index (χ1v) is 16.2. The molecule has 1 aliphatic rings. The normalized spacial score (nSPS) is 13.6. The standard InChI is InChI=1S/C34H35F3N6O4.C2HF3O2/c1-41-22-28(19-29(41)32(45)38-13-14-43-15-17-47-18-16-43)40-33(46)30-20-27(21-42(30)2)39-31(44)25-9-5-23(6-10-25)3-4-24-7-11-26(12-8-24)34(35,36)37;3-2(4,5)1(6)7/h3-12,19-22H,13-18H2,1-2H3,(H,38,45)(H,39,44)(H,40,46);(H,6,7)/b4-3+;. The highest BCUT2D eigenvalue weighted by Crippen LogP contribution is 2.29. The summed E-state index contributed by atoms with van der Waals surface area (Å²) in [5.41, 5.74) is 2.61. The number of carboxylic acids is 1. The monoisotopic (exact) mass is 762 g/mol. The van der Waals surface area contributed by atoms with Crippen LogP contribution >= 0.6 is 0 Å². The van der Waals surface area contributed by atoms with E-state index in [-0.39, 0.29) is 11.8 Å². The van der Waals surface area contributed by atoms with Crippen LogP contribution in [0.5, 0.6) is 0 Å². The van der Waals surface area contributed by atoms with Crippen molar-refractivity contribution in [2.75, 3.05) is 50.0 Å². The van der Waals surface area contributed by atoms with Crippen LogP contribution in [0.4, 0.5) is 37.7 Å². The molecule has 4 N–H and O–H groups in total. The molecule has 3 amide bonds. The van der Waals surface area contributed by atoms with E-state index in [1.807, 2.05) is 0 Å². The molecule has 2 aromatic heterocycles. The number of benzene rings is 2. The van der Waals surface area contributed by atoms with Crippen molar-refractivity contribution in [3.63, 3.8) is 0 Å². The van der Waals surface area contributed by atoms with Gasteiger partial charge in [-0.25, -0.2) is 4.79 Å². The largest absolute Gasteiger partial charge is 0.490 e. The van der Waals surface area contributed by atoms with E-state index < -0.39 is 29.8 Å². The second-order valence-electron chi connectivity index (χ2n) is 11.9. The van der Waals surface area contributed by atoms with Crippen molar-refractivity contribution in [1.82, 2.24) is 19.4 Å². The van der Waals surface area contributed by atoms with Gasteiger partial charge in [0, 0.05) is 58.2 Å². The second-order valence-corrected chi connectivity index (χ2v) is 11.9. The first-order chi connectivity index (χ1) is 25.4. The third-order valence-corrected chi connectivity index (χ3v) is 7.93. The van der Waals surface area contributed by atoms with Gasteiger partial charge >= 0.3 is 18.3 Å². The molecule has 1 fully saturated rings. The molecule has 18 heteroatoms. The maximum Gasteiger partial charge on any atom is 0.490 e. The number of carbonyl (C=O) groups is 4. The van der Waals surface area contributed by atoms with Crippen LogP contribution in [0.3, 0.4) is 0 Å². The molecule has 0 unspecified atom stereocenters. The molecule has 0 saturated carbocycles. The molecule has 1 saturated heterocycles. The van der Waals surface area contributed by atoms with Crippen molar-refractivity contribution in [2.24, 2.45) is 14.1 Å². The van der Waals surface area contributed by atoms with Gasteiger partial charge in [-0.1, -0.05) is 36.4 Å². The zero-order chi connectivity index (χ0) is 39.6. The third-order valence-electron chi connectivity index (χ3n) is 7.93. The molecule has 0 aliphatic carbocycles. The molecule has 0 radical (unpaired) electrons. The van der Waals surface area contributed by atoms with Crippen LogP contribution in [-0.4, -0.2) is 88.4 Å². The van der Waals surface area contributed by atoms with E-state index in [1.165, 1.54) is 12.1 Å². The lowest BCUT2D eigenvalue weighted by Crippen LogP contribution is -2.41. The summed E-state index contributed by atoms with van der Waals surface area (Å²) in [6, 6.07) is 14.7. The van der Waals surface area contributed by atoms with E-state index in [0.717, 1.165) is 37.3 Å². The summed E-state index contributed by atoms with van der Waals surface area (Å²) < 4.78 is 78.6. The number of anilines is 2. The van der Waals surface area contributed by atoms with E-state index in [0.29, 0.717) is 53.6 Å². The number of ether oxygens (including phenoxy) is 1. The zero-order valence-electron chi connectivity index (χ0n) is 28.9. The average Bonchev–Trinajstić information content (AvgIpc) is 3.68. The lowest BCUT2D eigenvalue weighted by Gasteiger charge is -2.26. The number of halogens is 6. The number of hydrogen-bond acceptors (Lipinski definition) is 6. The fraction of sp³-hybridized carbons (Fsp3) is 0.278. The van der Waals surface area contributed by atoms with Crippen LogP contribution in [0, 0.1) is 0 Å². The Morgan fingerprint density at radius 3 is 1.69 bits per heavy atom. The predicted molar refractivity (Wildman–Crippen MR) is 187 cm³/mol. The Morgan fingerprint density at radius 2 is 1.20 bits per heavy atom. The SMILES string of the molecule is Cn1cc(NC(=O)c2cc(NC(=O)c3ccc(/C=C/c4ccc(C(F)(F)F)cc4)cc3)cn2C)cc1C(=O)NCCN1CCOCC1.O=C(O)C(F)(F)F. The molecule has 12 nitrogen and oxygen atoms in total. The van der Waals surface area contributed by atoms with Crippen LogP contribution in [0.2, 0.25) is 0 Å². The highest BCUT2D eigenvalue weighted by Gasteiger charge is 2.38. The van der Waals surface area contributed by atoms with Gasteiger partial charge < -0.3 is 34.9 Å².